The van der Waals surface area contributed by atoms with Crippen LogP contribution in [0.2, 0.25) is 0 Å². The number of pyridine rings is 1. The highest BCUT2D eigenvalue weighted by Crippen LogP contribution is 2.28. The fourth-order valence-corrected chi connectivity index (χ4v) is 5.15. The van der Waals surface area contributed by atoms with Crippen molar-refractivity contribution in [2.45, 2.75) is 58.3 Å². The highest BCUT2D eigenvalue weighted by Gasteiger charge is 2.25. The normalized spacial score (nSPS) is 11.9. The van der Waals surface area contributed by atoms with Crippen molar-refractivity contribution < 1.29 is 32.9 Å². The lowest BCUT2D eigenvalue weighted by molar-refractivity contribution is -0.139. The quantitative estimate of drug-likeness (QED) is 0.0673. The van der Waals surface area contributed by atoms with Crippen LogP contribution in [0.25, 0.3) is 0 Å². The number of nitriles is 1. The Morgan fingerprint density at radius 1 is 1.16 bits per heavy atom. The molecule has 2 aromatic rings. The number of sulfonamides is 1. The van der Waals surface area contributed by atoms with Gasteiger partial charge in [0.05, 0.1) is 17.2 Å². The average Bonchev–Trinajstić information content (AvgIpc) is 2.96. The second-order valence-corrected chi connectivity index (χ2v) is 11.7. The summed E-state index contributed by atoms with van der Waals surface area (Å²) in [5.74, 6) is -0.984. The zero-order valence-corrected chi connectivity index (χ0v) is 25.7. The van der Waals surface area contributed by atoms with Crippen LogP contribution in [-0.2, 0) is 30.8 Å². The molecule has 0 saturated heterocycles. The van der Waals surface area contributed by atoms with Crippen molar-refractivity contribution in [1.82, 2.24) is 8.87 Å². The van der Waals surface area contributed by atoms with Crippen LogP contribution in [0, 0.1) is 18.3 Å². The second-order valence-electron chi connectivity index (χ2n) is 9.78. The Kier molecular flexibility index (Phi) is 13.0. The van der Waals surface area contributed by atoms with Crippen LogP contribution in [0.3, 0.4) is 0 Å². The molecule has 0 amide bonds. The van der Waals surface area contributed by atoms with Gasteiger partial charge in [0, 0.05) is 30.8 Å². The van der Waals surface area contributed by atoms with Crippen LogP contribution in [0.15, 0.2) is 58.3 Å². The number of rotatable bonds is 17. The van der Waals surface area contributed by atoms with Gasteiger partial charge in [0.25, 0.3) is 5.56 Å². The first kappa shape index (κ1) is 35.0. The molecule has 1 atom stereocenters. The van der Waals surface area contributed by atoms with Gasteiger partial charge < -0.3 is 25.1 Å². The number of nitrogens with zero attached hydrogens (tertiary/aromatic N) is 3. The lowest BCUT2D eigenvalue weighted by Gasteiger charge is -2.23. The Balaban J connectivity index is 2.25. The van der Waals surface area contributed by atoms with E-state index in [-0.39, 0.29) is 66.0 Å². The van der Waals surface area contributed by atoms with Gasteiger partial charge in [0.2, 0.25) is 15.9 Å². The van der Waals surface area contributed by atoms with Crippen molar-refractivity contribution in [1.29, 1.82) is 5.26 Å². The van der Waals surface area contributed by atoms with Gasteiger partial charge in [-0.15, -0.1) is 0 Å². The maximum Gasteiger partial charge on any atom is 0.333 e. The van der Waals surface area contributed by atoms with Gasteiger partial charge in [0.1, 0.15) is 23.9 Å². The van der Waals surface area contributed by atoms with E-state index in [9.17, 15) is 33.5 Å². The number of aromatic hydroxyl groups is 1. The number of ether oxygens (including phenoxy) is 2. The van der Waals surface area contributed by atoms with E-state index in [1.807, 2.05) is 13.0 Å². The second kappa shape index (κ2) is 15.9. The van der Waals surface area contributed by atoms with E-state index in [0.717, 1.165) is 15.3 Å². The molecule has 234 valence electrons. The monoisotopic (exact) mass is 617 g/mol. The fourth-order valence-electron chi connectivity index (χ4n) is 3.74. The highest BCUT2D eigenvalue weighted by molar-refractivity contribution is 7.89. The Morgan fingerprint density at radius 3 is 2.35 bits per heavy atom. The molecule has 0 radical (unpaired) electrons. The number of aliphatic hydroxyl groups is 1. The molecule has 1 heterocycles. The third kappa shape index (κ3) is 9.16. The number of hydrogen-bond donors (Lipinski definition) is 4. The Morgan fingerprint density at radius 2 is 1.79 bits per heavy atom. The summed E-state index contributed by atoms with van der Waals surface area (Å²) in [4.78, 5) is 24.3. The summed E-state index contributed by atoms with van der Waals surface area (Å²) in [6.45, 7) is 13.1. The summed E-state index contributed by atoms with van der Waals surface area (Å²) in [7, 11) is -4.09. The predicted molar refractivity (Wildman–Crippen MR) is 162 cm³/mol. The van der Waals surface area contributed by atoms with E-state index in [1.165, 1.54) is 38.1 Å². The van der Waals surface area contributed by atoms with Crippen LogP contribution in [0.1, 0.15) is 44.7 Å². The summed E-state index contributed by atoms with van der Waals surface area (Å²) in [5, 5.41) is 30.1. The summed E-state index contributed by atoms with van der Waals surface area (Å²) in [5.41, 5.74) is 6.32. The van der Waals surface area contributed by atoms with Gasteiger partial charge in [-0.1, -0.05) is 26.5 Å². The van der Waals surface area contributed by atoms with Crippen molar-refractivity contribution in [2.24, 2.45) is 0 Å². The van der Waals surface area contributed by atoms with Crippen LogP contribution in [0.5, 0.6) is 5.88 Å². The Labute approximate surface area is 251 Å². The molecule has 1 aromatic heterocycles. The zero-order chi connectivity index (χ0) is 32.3. The molecular weight excluding hydrogens is 578 g/mol. The van der Waals surface area contributed by atoms with Gasteiger partial charge in [-0.05, 0) is 57.0 Å². The molecule has 14 heteroatoms. The lowest BCUT2D eigenvalue weighted by atomic mass is 10.1. The first-order valence-corrected chi connectivity index (χ1v) is 15.0. The minimum atomic E-state index is -4.09. The first-order valence-electron chi connectivity index (χ1n) is 13.5. The largest absolute Gasteiger partial charge is 0.493 e. The number of esters is 1. The number of hydrazine groups is 1. The van der Waals surface area contributed by atoms with Gasteiger partial charge in [-0.3, -0.25) is 14.8 Å². The van der Waals surface area contributed by atoms with Gasteiger partial charge in [0.15, 0.2) is 6.29 Å². The standard InChI is InChI=1S/C29H39N5O8S/c1-7-8-13-34-26(35)24(18-30)21(6)25(27(34)36)32-31-22-9-11-23(12-10-22)43(39,40)33(14-16-41-28(37)19(2)3)15-17-42-29(38)20(4)5/h9-12,28,31-32,36-37H,2,4,7-8,13-17H2,1,3,5-6H3. The molecule has 0 aliphatic rings. The summed E-state index contributed by atoms with van der Waals surface area (Å²) < 4.78 is 39.4. The van der Waals surface area contributed by atoms with Gasteiger partial charge >= 0.3 is 5.97 Å². The van der Waals surface area contributed by atoms with Crippen LogP contribution in [-0.4, -0.2) is 66.1 Å². The molecule has 0 fully saturated rings. The molecule has 1 unspecified atom stereocenters. The van der Waals surface area contributed by atoms with E-state index in [1.54, 1.807) is 6.92 Å². The Bertz CT molecular complexity index is 1530. The number of aliphatic hydroxyl groups excluding tert-OH is 1. The molecule has 0 saturated carbocycles. The molecule has 13 nitrogen and oxygen atoms in total. The Hall–Kier alpha value is -4.16. The number of unbranched alkanes of at least 4 members (excludes halogenated alkanes) is 1. The molecule has 2 rings (SSSR count). The van der Waals surface area contributed by atoms with Crippen LogP contribution < -0.4 is 16.4 Å². The van der Waals surface area contributed by atoms with E-state index in [2.05, 4.69) is 24.0 Å². The van der Waals surface area contributed by atoms with Crippen molar-refractivity contribution >= 4 is 27.4 Å². The van der Waals surface area contributed by atoms with Gasteiger partial charge in [-0.25, -0.2) is 13.2 Å². The number of anilines is 2. The van der Waals surface area contributed by atoms with Crippen LogP contribution >= 0.6 is 0 Å². The summed E-state index contributed by atoms with van der Waals surface area (Å²) >= 11 is 0. The van der Waals surface area contributed by atoms with Crippen LogP contribution in [0.4, 0.5) is 11.4 Å². The maximum atomic E-state index is 13.5. The van der Waals surface area contributed by atoms with E-state index >= 15 is 0 Å². The van der Waals surface area contributed by atoms with Crippen molar-refractivity contribution in [3.63, 3.8) is 0 Å². The molecule has 0 aliphatic carbocycles. The lowest BCUT2D eigenvalue weighted by Crippen LogP contribution is -2.37. The topological polar surface area (TPSA) is 183 Å². The van der Waals surface area contributed by atoms with Crippen molar-refractivity contribution in [2.75, 3.05) is 37.2 Å². The fraction of sp³-hybridized carbons (Fsp3) is 0.414. The number of aromatic nitrogens is 1. The number of carbonyl (C=O) groups is 1. The van der Waals surface area contributed by atoms with Crippen molar-refractivity contribution in [3.05, 3.63) is 70.1 Å². The van der Waals surface area contributed by atoms with E-state index in [4.69, 9.17) is 9.47 Å². The predicted octanol–water partition coefficient (Wildman–Crippen LogP) is 2.99. The SMILES string of the molecule is C=C(C)C(=O)OCCN(CCOC(O)C(=C)C)S(=O)(=O)c1ccc(NNc2c(C)c(C#N)c(=O)n(CCCC)c2O)cc1. The third-order valence-electron chi connectivity index (χ3n) is 6.32. The molecule has 0 aliphatic heterocycles. The molecule has 1 aromatic carbocycles. The molecular formula is C29H39N5O8S. The van der Waals surface area contributed by atoms with E-state index in [0.29, 0.717) is 17.7 Å². The van der Waals surface area contributed by atoms with Crippen molar-refractivity contribution in [3.8, 4) is 11.9 Å². The zero-order valence-electron chi connectivity index (χ0n) is 24.8. The summed E-state index contributed by atoms with van der Waals surface area (Å²) in [6.07, 6.45) is 0.137. The third-order valence-corrected chi connectivity index (χ3v) is 8.23. The number of hydrogen-bond acceptors (Lipinski definition) is 11. The average molecular weight is 618 g/mol. The first-order chi connectivity index (χ1) is 20.3. The molecule has 4 N–H and O–H groups in total. The minimum absolute atomic E-state index is 0.0661. The number of carbonyl (C=O) groups excluding carboxylic acids is 1. The molecule has 43 heavy (non-hydrogen) atoms. The smallest absolute Gasteiger partial charge is 0.333 e. The summed E-state index contributed by atoms with van der Waals surface area (Å²) in [6, 6.07) is 7.55. The maximum absolute atomic E-state index is 13.5. The van der Waals surface area contributed by atoms with E-state index < -0.39 is 27.8 Å². The highest BCUT2D eigenvalue weighted by atomic mass is 32.2. The van der Waals surface area contributed by atoms with Gasteiger partial charge in [-0.2, -0.15) is 9.57 Å². The minimum Gasteiger partial charge on any atom is -0.493 e. The number of nitrogens with one attached hydrogen (secondary N) is 2. The molecule has 0 spiro atoms. The number of benzene rings is 1. The molecule has 0 bridgehead atoms.